The predicted molar refractivity (Wildman–Crippen MR) is 44.2 cm³/mol. The van der Waals surface area contributed by atoms with E-state index in [0.717, 1.165) is 12.3 Å². The monoisotopic (exact) mass is 154 g/mol. The minimum atomic E-state index is 0.258. The Hall–Kier alpha value is -0.800. The lowest BCUT2D eigenvalue weighted by atomic mass is 10.2. The molecule has 3 N–H and O–H groups in total. The van der Waals surface area contributed by atoms with Crippen LogP contribution in [0.15, 0.2) is 22.8 Å². The molecule has 0 aliphatic carbocycles. The number of hydrogen-bond acceptors (Lipinski definition) is 3. The molecule has 0 saturated carbocycles. The van der Waals surface area contributed by atoms with Crippen LogP contribution >= 0.6 is 0 Å². The SMILES string of the molecule is C[C@@H](NCCN)c1ccco1. The second-order valence-electron chi connectivity index (χ2n) is 2.48. The molecule has 0 saturated heterocycles. The van der Waals surface area contributed by atoms with Gasteiger partial charge in [-0.15, -0.1) is 0 Å². The quantitative estimate of drug-likeness (QED) is 0.677. The maximum Gasteiger partial charge on any atom is 0.120 e. The van der Waals surface area contributed by atoms with E-state index in [1.165, 1.54) is 0 Å². The van der Waals surface area contributed by atoms with Crippen LogP contribution in [-0.4, -0.2) is 13.1 Å². The Balaban J connectivity index is 2.36. The Kier molecular flexibility index (Phi) is 3.14. The molecular weight excluding hydrogens is 140 g/mol. The summed E-state index contributed by atoms with van der Waals surface area (Å²) >= 11 is 0. The normalized spacial score (nSPS) is 13.3. The lowest BCUT2D eigenvalue weighted by Crippen LogP contribution is -2.25. The third-order valence-corrected chi connectivity index (χ3v) is 1.56. The molecule has 0 fully saturated rings. The van der Waals surface area contributed by atoms with Crippen LogP contribution in [0.2, 0.25) is 0 Å². The van der Waals surface area contributed by atoms with Gasteiger partial charge in [0.1, 0.15) is 5.76 Å². The van der Waals surface area contributed by atoms with Crippen LogP contribution in [-0.2, 0) is 0 Å². The maximum atomic E-state index is 5.34. The van der Waals surface area contributed by atoms with Gasteiger partial charge >= 0.3 is 0 Å². The molecule has 62 valence electrons. The molecule has 0 spiro atoms. The van der Waals surface area contributed by atoms with Gasteiger partial charge in [-0.2, -0.15) is 0 Å². The molecule has 11 heavy (non-hydrogen) atoms. The summed E-state index contributed by atoms with van der Waals surface area (Å²) in [6.45, 7) is 3.53. The zero-order valence-electron chi connectivity index (χ0n) is 6.71. The van der Waals surface area contributed by atoms with Gasteiger partial charge in [-0.05, 0) is 19.1 Å². The summed E-state index contributed by atoms with van der Waals surface area (Å²) in [7, 11) is 0. The molecule has 1 heterocycles. The minimum absolute atomic E-state index is 0.258. The van der Waals surface area contributed by atoms with Crippen molar-refractivity contribution in [1.82, 2.24) is 5.32 Å². The summed E-state index contributed by atoms with van der Waals surface area (Å²) in [5.74, 6) is 0.957. The fourth-order valence-electron chi connectivity index (χ4n) is 0.938. The van der Waals surface area contributed by atoms with E-state index in [4.69, 9.17) is 10.2 Å². The van der Waals surface area contributed by atoms with Crippen LogP contribution < -0.4 is 11.1 Å². The highest BCUT2D eigenvalue weighted by atomic mass is 16.3. The molecule has 3 heteroatoms. The number of furan rings is 1. The lowest BCUT2D eigenvalue weighted by Gasteiger charge is -2.08. The zero-order valence-corrected chi connectivity index (χ0v) is 6.71. The van der Waals surface area contributed by atoms with Crippen molar-refractivity contribution in [2.24, 2.45) is 5.73 Å². The summed E-state index contributed by atoms with van der Waals surface area (Å²) in [6, 6.07) is 4.10. The molecule has 1 rings (SSSR count). The van der Waals surface area contributed by atoms with Crippen molar-refractivity contribution < 1.29 is 4.42 Å². The number of nitrogens with one attached hydrogen (secondary N) is 1. The first-order valence-corrected chi connectivity index (χ1v) is 3.81. The van der Waals surface area contributed by atoms with Crippen molar-refractivity contribution in [3.05, 3.63) is 24.2 Å². The first-order valence-electron chi connectivity index (χ1n) is 3.81. The highest BCUT2D eigenvalue weighted by Gasteiger charge is 2.04. The molecule has 1 atom stereocenters. The Bertz CT molecular complexity index is 184. The van der Waals surface area contributed by atoms with Crippen molar-refractivity contribution >= 4 is 0 Å². The number of hydrogen-bond donors (Lipinski definition) is 2. The lowest BCUT2D eigenvalue weighted by molar-refractivity contribution is 0.434. The maximum absolute atomic E-state index is 5.34. The topological polar surface area (TPSA) is 51.2 Å². The fraction of sp³-hybridized carbons (Fsp3) is 0.500. The average Bonchev–Trinajstić information content (AvgIpc) is 2.52. The van der Waals surface area contributed by atoms with E-state index in [1.807, 2.05) is 12.1 Å². The number of rotatable bonds is 4. The molecule has 3 nitrogen and oxygen atoms in total. The van der Waals surface area contributed by atoms with E-state index in [9.17, 15) is 0 Å². The summed E-state index contributed by atoms with van der Waals surface area (Å²) in [5, 5.41) is 3.22. The molecule has 1 aromatic heterocycles. The largest absolute Gasteiger partial charge is 0.468 e. The average molecular weight is 154 g/mol. The Labute approximate surface area is 66.6 Å². The third-order valence-electron chi connectivity index (χ3n) is 1.56. The van der Waals surface area contributed by atoms with E-state index in [-0.39, 0.29) is 6.04 Å². The first-order chi connectivity index (χ1) is 5.34. The van der Waals surface area contributed by atoms with Gasteiger partial charge in [0.15, 0.2) is 0 Å². The van der Waals surface area contributed by atoms with E-state index in [0.29, 0.717) is 6.54 Å². The second-order valence-corrected chi connectivity index (χ2v) is 2.48. The summed E-state index contributed by atoms with van der Waals surface area (Å²) in [6.07, 6.45) is 1.68. The standard InChI is InChI=1S/C8H14N2O/c1-7(10-5-4-9)8-3-2-6-11-8/h2-3,6-7,10H,4-5,9H2,1H3/t7-/m1/s1. The van der Waals surface area contributed by atoms with Gasteiger partial charge in [-0.1, -0.05) is 0 Å². The van der Waals surface area contributed by atoms with E-state index >= 15 is 0 Å². The van der Waals surface area contributed by atoms with E-state index in [2.05, 4.69) is 12.2 Å². The van der Waals surface area contributed by atoms with Gasteiger partial charge in [0, 0.05) is 13.1 Å². The van der Waals surface area contributed by atoms with Gasteiger partial charge in [-0.3, -0.25) is 0 Å². The van der Waals surface area contributed by atoms with Gasteiger partial charge in [0.05, 0.1) is 12.3 Å². The predicted octanol–water partition coefficient (Wildman–Crippen LogP) is 0.889. The fourth-order valence-corrected chi connectivity index (χ4v) is 0.938. The summed E-state index contributed by atoms with van der Waals surface area (Å²) in [5.41, 5.74) is 5.34. The molecule has 0 bridgehead atoms. The Morgan fingerprint density at radius 2 is 2.55 bits per heavy atom. The number of nitrogens with two attached hydrogens (primary N) is 1. The zero-order chi connectivity index (χ0) is 8.10. The molecule has 0 aromatic carbocycles. The highest BCUT2D eigenvalue weighted by molar-refractivity contribution is 5.02. The van der Waals surface area contributed by atoms with Crippen LogP contribution in [0.5, 0.6) is 0 Å². The highest BCUT2D eigenvalue weighted by Crippen LogP contribution is 2.10. The molecule has 0 aliphatic rings. The van der Waals surface area contributed by atoms with E-state index in [1.54, 1.807) is 6.26 Å². The van der Waals surface area contributed by atoms with Gasteiger partial charge in [-0.25, -0.2) is 0 Å². The van der Waals surface area contributed by atoms with Crippen LogP contribution in [0.25, 0.3) is 0 Å². The van der Waals surface area contributed by atoms with Gasteiger partial charge in [0.25, 0.3) is 0 Å². The van der Waals surface area contributed by atoms with Crippen molar-refractivity contribution in [3.63, 3.8) is 0 Å². The Morgan fingerprint density at radius 3 is 3.09 bits per heavy atom. The van der Waals surface area contributed by atoms with E-state index < -0.39 is 0 Å². The van der Waals surface area contributed by atoms with Crippen LogP contribution in [0, 0.1) is 0 Å². The molecular formula is C8H14N2O. The van der Waals surface area contributed by atoms with Crippen LogP contribution in [0.3, 0.4) is 0 Å². The molecule has 0 unspecified atom stereocenters. The van der Waals surface area contributed by atoms with Crippen molar-refractivity contribution in [2.75, 3.05) is 13.1 Å². The molecule has 0 radical (unpaired) electrons. The second kappa shape index (κ2) is 4.16. The van der Waals surface area contributed by atoms with Crippen molar-refractivity contribution in [2.45, 2.75) is 13.0 Å². The summed E-state index contributed by atoms with van der Waals surface area (Å²) in [4.78, 5) is 0. The van der Waals surface area contributed by atoms with Crippen molar-refractivity contribution in [1.29, 1.82) is 0 Å². The molecule has 1 aromatic rings. The first kappa shape index (κ1) is 8.30. The van der Waals surface area contributed by atoms with Gasteiger partial charge in [0.2, 0.25) is 0 Å². The van der Waals surface area contributed by atoms with Crippen LogP contribution in [0.1, 0.15) is 18.7 Å². The molecule has 0 aliphatic heterocycles. The van der Waals surface area contributed by atoms with Gasteiger partial charge < -0.3 is 15.5 Å². The Morgan fingerprint density at radius 1 is 1.73 bits per heavy atom. The van der Waals surface area contributed by atoms with Crippen molar-refractivity contribution in [3.8, 4) is 0 Å². The summed E-state index contributed by atoms with van der Waals surface area (Å²) < 4.78 is 5.19. The molecule has 0 amide bonds. The smallest absolute Gasteiger partial charge is 0.120 e. The van der Waals surface area contributed by atoms with Crippen LogP contribution in [0.4, 0.5) is 0 Å². The third kappa shape index (κ3) is 2.37. The minimum Gasteiger partial charge on any atom is -0.468 e.